The standard InChI is InChI=1S/C16H13Cl6N3O2S/c1-3-27-12(26)8(2)28-10-6-4-9(5-7-10)11-23-13(15(17,18)19)25-14(24-11)16(20,21)22/h4-8H,3H2,1-2H3. The molecule has 1 heterocycles. The molecule has 0 spiro atoms. The summed E-state index contributed by atoms with van der Waals surface area (Å²) in [5.41, 5.74) is 0.585. The van der Waals surface area contributed by atoms with Gasteiger partial charge in [0.25, 0.3) is 0 Å². The Bertz CT molecular complexity index is 808. The second-order valence-electron chi connectivity index (χ2n) is 5.34. The predicted octanol–water partition coefficient (Wildman–Crippen LogP) is 6.24. The van der Waals surface area contributed by atoms with Crippen LogP contribution in [0.1, 0.15) is 25.5 Å². The first-order valence-corrected chi connectivity index (χ1v) is 10.9. The minimum Gasteiger partial charge on any atom is -0.465 e. The summed E-state index contributed by atoms with van der Waals surface area (Å²) in [5, 5.41) is -0.352. The number of alkyl halides is 6. The molecule has 0 radical (unpaired) electrons. The summed E-state index contributed by atoms with van der Waals surface area (Å²) in [5.74, 6) is -0.447. The lowest BCUT2D eigenvalue weighted by Gasteiger charge is -2.16. The van der Waals surface area contributed by atoms with Gasteiger partial charge in [-0.15, -0.1) is 11.8 Å². The second-order valence-corrected chi connectivity index (χ2v) is 11.3. The molecule has 0 aliphatic rings. The number of carbonyl (C=O) groups is 1. The van der Waals surface area contributed by atoms with E-state index in [4.69, 9.17) is 74.3 Å². The van der Waals surface area contributed by atoms with Crippen LogP contribution in [0, 0.1) is 0 Å². The summed E-state index contributed by atoms with van der Waals surface area (Å²) in [7, 11) is 0. The van der Waals surface area contributed by atoms with Gasteiger partial charge in [-0.05, 0) is 26.0 Å². The molecule has 1 aromatic carbocycles. The molecule has 1 atom stereocenters. The van der Waals surface area contributed by atoms with E-state index >= 15 is 0 Å². The summed E-state index contributed by atoms with van der Waals surface area (Å²) in [6.07, 6.45) is 0. The molecule has 152 valence electrons. The van der Waals surface area contributed by atoms with Crippen LogP contribution in [0.3, 0.4) is 0 Å². The fourth-order valence-corrected chi connectivity index (χ4v) is 3.33. The highest BCUT2D eigenvalue weighted by Crippen LogP contribution is 2.40. The number of benzene rings is 1. The molecule has 1 aromatic heterocycles. The van der Waals surface area contributed by atoms with E-state index in [0.29, 0.717) is 12.2 Å². The molecule has 5 nitrogen and oxygen atoms in total. The minimum absolute atomic E-state index is 0.168. The molecular formula is C16H13Cl6N3O2S. The lowest BCUT2D eigenvalue weighted by Crippen LogP contribution is -2.17. The third-order valence-electron chi connectivity index (χ3n) is 3.19. The molecule has 12 heteroatoms. The molecule has 0 amide bonds. The molecule has 0 bridgehead atoms. The first-order valence-electron chi connectivity index (χ1n) is 7.76. The van der Waals surface area contributed by atoms with Crippen molar-refractivity contribution < 1.29 is 9.53 Å². The first kappa shape index (κ1) is 24.1. The van der Waals surface area contributed by atoms with Gasteiger partial charge in [0, 0.05) is 10.5 Å². The van der Waals surface area contributed by atoms with E-state index in [-0.39, 0.29) is 28.7 Å². The highest BCUT2D eigenvalue weighted by atomic mass is 35.6. The number of halogens is 6. The summed E-state index contributed by atoms with van der Waals surface area (Å²) in [6.45, 7) is 3.86. The van der Waals surface area contributed by atoms with Crippen molar-refractivity contribution in [3.05, 3.63) is 35.9 Å². The van der Waals surface area contributed by atoms with E-state index in [1.165, 1.54) is 11.8 Å². The maximum atomic E-state index is 11.8. The third-order valence-corrected chi connectivity index (χ3v) is 5.29. The molecule has 0 fully saturated rings. The quantitative estimate of drug-likeness (QED) is 0.263. The summed E-state index contributed by atoms with van der Waals surface area (Å²) < 4.78 is 1.15. The van der Waals surface area contributed by atoms with Crippen LogP contribution in [0.25, 0.3) is 11.4 Å². The maximum Gasteiger partial charge on any atom is 0.319 e. The number of hydrogen-bond acceptors (Lipinski definition) is 6. The molecule has 0 saturated carbocycles. The normalized spacial score (nSPS) is 13.3. The summed E-state index contributed by atoms with van der Waals surface area (Å²) >= 11 is 36.6. The Morgan fingerprint density at radius 2 is 1.50 bits per heavy atom. The van der Waals surface area contributed by atoms with Gasteiger partial charge >= 0.3 is 5.97 Å². The van der Waals surface area contributed by atoms with E-state index in [0.717, 1.165) is 4.90 Å². The highest BCUT2D eigenvalue weighted by molar-refractivity contribution is 8.00. The molecular weight excluding hydrogens is 511 g/mol. The zero-order chi connectivity index (χ0) is 21.1. The lowest BCUT2D eigenvalue weighted by atomic mass is 10.2. The number of carbonyl (C=O) groups excluding carboxylic acids is 1. The van der Waals surface area contributed by atoms with Gasteiger partial charge < -0.3 is 4.74 Å². The minimum atomic E-state index is -1.92. The van der Waals surface area contributed by atoms with E-state index < -0.39 is 7.59 Å². The van der Waals surface area contributed by atoms with Crippen LogP contribution in [0.4, 0.5) is 0 Å². The van der Waals surface area contributed by atoms with Gasteiger partial charge in [0.2, 0.25) is 7.59 Å². The Kier molecular flexibility index (Phi) is 8.36. The molecule has 0 aliphatic carbocycles. The van der Waals surface area contributed by atoms with Crippen LogP contribution < -0.4 is 0 Å². The molecule has 2 rings (SSSR count). The zero-order valence-electron chi connectivity index (χ0n) is 14.4. The predicted molar refractivity (Wildman–Crippen MR) is 116 cm³/mol. The van der Waals surface area contributed by atoms with Gasteiger partial charge in [-0.25, -0.2) is 15.0 Å². The van der Waals surface area contributed by atoms with Gasteiger partial charge in [0.15, 0.2) is 17.5 Å². The topological polar surface area (TPSA) is 65.0 Å². The van der Waals surface area contributed by atoms with Crippen LogP contribution in [0.2, 0.25) is 0 Å². The van der Waals surface area contributed by atoms with Gasteiger partial charge in [0.05, 0.1) is 6.61 Å². The molecule has 1 unspecified atom stereocenters. The maximum absolute atomic E-state index is 11.8. The van der Waals surface area contributed by atoms with E-state index in [9.17, 15) is 4.79 Å². The van der Waals surface area contributed by atoms with Crippen molar-refractivity contribution in [2.24, 2.45) is 0 Å². The number of thioether (sulfide) groups is 1. The van der Waals surface area contributed by atoms with Crippen molar-refractivity contribution in [3.63, 3.8) is 0 Å². The average Bonchev–Trinajstić information content (AvgIpc) is 2.60. The second kappa shape index (κ2) is 9.73. The molecule has 2 aromatic rings. The van der Waals surface area contributed by atoms with Gasteiger partial charge in [-0.3, -0.25) is 4.79 Å². The van der Waals surface area contributed by atoms with Crippen molar-refractivity contribution in [1.82, 2.24) is 15.0 Å². The van der Waals surface area contributed by atoms with Crippen LogP contribution >= 0.6 is 81.4 Å². The van der Waals surface area contributed by atoms with E-state index in [1.807, 2.05) is 0 Å². The summed E-state index contributed by atoms with van der Waals surface area (Å²) in [6, 6.07) is 7.06. The Labute approximate surface area is 196 Å². The van der Waals surface area contributed by atoms with Crippen LogP contribution in [0.5, 0.6) is 0 Å². The summed E-state index contributed by atoms with van der Waals surface area (Å²) in [4.78, 5) is 24.8. The average molecular weight is 524 g/mol. The number of ether oxygens (including phenoxy) is 1. The fraction of sp³-hybridized carbons (Fsp3) is 0.375. The Hall–Kier alpha value is -0.210. The highest BCUT2D eigenvalue weighted by Gasteiger charge is 2.34. The Balaban J connectivity index is 2.33. The number of hydrogen-bond donors (Lipinski definition) is 0. The van der Waals surface area contributed by atoms with E-state index in [1.54, 1.807) is 38.1 Å². The van der Waals surface area contributed by atoms with Crippen molar-refractivity contribution in [2.75, 3.05) is 6.61 Å². The third kappa shape index (κ3) is 6.66. The van der Waals surface area contributed by atoms with Crippen LogP contribution in [-0.2, 0) is 17.1 Å². The fourth-order valence-electron chi connectivity index (χ4n) is 1.95. The smallest absolute Gasteiger partial charge is 0.319 e. The molecule has 0 saturated heterocycles. The number of aromatic nitrogens is 3. The van der Waals surface area contributed by atoms with Gasteiger partial charge in [-0.1, -0.05) is 81.7 Å². The number of nitrogens with zero attached hydrogens (tertiary/aromatic N) is 3. The largest absolute Gasteiger partial charge is 0.465 e. The van der Waals surface area contributed by atoms with E-state index in [2.05, 4.69) is 15.0 Å². The first-order chi connectivity index (χ1) is 12.9. The van der Waals surface area contributed by atoms with Gasteiger partial charge in [-0.2, -0.15) is 0 Å². The SMILES string of the molecule is CCOC(=O)C(C)Sc1ccc(-c2nc(C(Cl)(Cl)Cl)nc(C(Cl)(Cl)Cl)n2)cc1. The monoisotopic (exact) mass is 521 g/mol. The molecule has 28 heavy (non-hydrogen) atoms. The number of rotatable bonds is 5. The van der Waals surface area contributed by atoms with Crippen molar-refractivity contribution in [3.8, 4) is 11.4 Å². The molecule has 0 aliphatic heterocycles. The lowest BCUT2D eigenvalue weighted by molar-refractivity contribution is -0.142. The van der Waals surface area contributed by atoms with Crippen molar-refractivity contribution in [1.29, 1.82) is 0 Å². The number of esters is 1. The van der Waals surface area contributed by atoms with Crippen LogP contribution in [0.15, 0.2) is 29.2 Å². The van der Waals surface area contributed by atoms with Crippen molar-refractivity contribution >= 4 is 87.3 Å². The van der Waals surface area contributed by atoms with Crippen molar-refractivity contribution in [2.45, 2.75) is 31.6 Å². The van der Waals surface area contributed by atoms with Crippen LogP contribution in [-0.4, -0.2) is 32.8 Å². The molecule has 0 N–H and O–H groups in total. The van der Waals surface area contributed by atoms with Gasteiger partial charge in [0.1, 0.15) is 5.25 Å². The Morgan fingerprint density at radius 3 is 1.93 bits per heavy atom. The Morgan fingerprint density at radius 1 is 1.00 bits per heavy atom. The zero-order valence-corrected chi connectivity index (χ0v) is 19.8.